The van der Waals surface area contributed by atoms with Gasteiger partial charge in [-0.2, -0.15) is 0 Å². The van der Waals surface area contributed by atoms with Gasteiger partial charge in [0.05, 0.1) is 5.69 Å². The van der Waals surface area contributed by atoms with Crippen molar-refractivity contribution in [3.63, 3.8) is 0 Å². The third kappa shape index (κ3) is 5.11. The predicted octanol–water partition coefficient (Wildman–Crippen LogP) is 7.69. The number of benzene rings is 3. The lowest BCUT2D eigenvalue weighted by Crippen LogP contribution is -2.33. The fraction of sp³-hybridized carbons (Fsp3) is 0.355. The number of likely N-dealkylation sites (tertiary alicyclic amines) is 1. The smallest absolute Gasteiger partial charge is 0.129 e. The van der Waals surface area contributed by atoms with E-state index in [-0.39, 0.29) is 0 Å². The van der Waals surface area contributed by atoms with E-state index in [9.17, 15) is 0 Å². The Hall–Kier alpha value is -2.95. The maximum atomic E-state index is 6.29. The van der Waals surface area contributed by atoms with Gasteiger partial charge in [0.15, 0.2) is 0 Å². The van der Waals surface area contributed by atoms with Crippen LogP contribution in [0.15, 0.2) is 72.8 Å². The van der Waals surface area contributed by atoms with Crippen LogP contribution in [-0.2, 0) is 19.7 Å². The molecule has 0 N–H and O–H groups in total. The van der Waals surface area contributed by atoms with Crippen molar-refractivity contribution in [2.75, 3.05) is 25.5 Å². The third-order valence-electron chi connectivity index (χ3n) is 7.47. The van der Waals surface area contributed by atoms with Crippen LogP contribution in [0.1, 0.15) is 49.0 Å². The highest BCUT2D eigenvalue weighted by atomic mass is 35.5. The van der Waals surface area contributed by atoms with Crippen LogP contribution in [0, 0.1) is 0 Å². The van der Waals surface area contributed by atoms with Gasteiger partial charge in [0.2, 0.25) is 0 Å². The monoisotopic (exact) mass is 501 g/mol. The van der Waals surface area contributed by atoms with Crippen LogP contribution in [0.2, 0.25) is 5.02 Å². The fourth-order valence-electron chi connectivity index (χ4n) is 5.57. The number of ether oxygens (including phenoxy) is 1. The molecular weight excluding hydrogens is 466 g/mol. The summed E-state index contributed by atoms with van der Waals surface area (Å²) in [7, 11) is 4.19. The van der Waals surface area contributed by atoms with Gasteiger partial charge in [-0.15, -0.1) is 0 Å². The van der Waals surface area contributed by atoms with Crippen molar-refractivity contribution in [3.8, 4) is 5.75 Å². The lowest BCUT2D eigenvalue weighted by molar-refractivity contribution is 0.139. The molecule has 188 valence electrons. The molecule has 3 aromatic carbocycles. The zero-order valence-corrected chi connectivity index (χ0v) is 22.3. The summed E-state index contributed by atoms with van der Waals surface area (Å²) in [6.07, 6.45) is 3.72. The lowest BCUT2D eigenvalue weighted by atomic mass is 9.94. The highest BCUT2D eigenvalue weighted by molar-refractivity contribution is 6.30. The number of fused-ring (bicyclic) bond motifs is 1. The molecule has 5 heteroatoms. The summed E-state index contributed by atoms with van der Waals surface area (Å²) < 4.78 is 8.72. The molecule has 0 spiro atoms. The van der Waals surface area contributed by atoms with Crippen molar-refractivity contribution >= 4 is 28.2 Å². The molecule has 1 fully saturated rings. The highest BCUT2D eigenvalue weighted by Gasteiger charge is 2.27. The van der Waals surface area contributed by atoms with E-state index in [1.54, 1.807) is 0 Å². The summed E-state index contributed by atoms with van der Waals surface area (Å²) >= 11 is 6.08. The number of rotatable bonds is 8. The maximum Gasteiger partial charge on any atom is 0.129 e. The average Bonchev–Trinajstić information content (AvgIpc) is 3.21. The van der Waals surface area contributed by atoms with E-state index >= 15 is 0 Å². The van der Waals surface area contributed by atoms with Crippen molar-refractivity contribution in [1.82, 2.24) is 9.47 Å². The molecule has 5 rings (SSSR count). The largest absolute Gasteiger partial charge is 0.487 e. The van der Waals surface area contributed by atoms with Gasteiger partial charge in [0.25, 0.3) is 0 Å². The minimum absolute atomic E-state index is 0.434. The Morgan fingerprint density at radius 3 is 2.42 bits per heavy atom. The molecule has 0 bridgehead atoms. The first-order valence-corrected chi connectivity index (χ1v) is 13.4. The number of piperidine rings is 1. The van der Waals surface area contributed by atoms with Crippen LogP contribution in [-0.4, -0.2) is 30.1 Å². The average molecular weight is 502 g/mol. The first-order chi connectivity index (χ1) is 17.5. The fourth-order valence-corrected chi connectivity index (χ4v) is 5.69. The number of aromatic nitrogens is 1. The van der Waals surface area contributed by atoms with Gasteiger partial charge in [0.1, 0.15) is 12.4 Å². The maximum absolute atomic E-state index is 6.29. The molecule has 0 radical (unpaired) electrons. The number of aryl methyl sites for hydroxylation is 1. The van der Waals surface area contributed by atoms with E-state index in [1.165, 1.54) is 52.7 Å². The van der Waals surface area contributed by atoms with E-state index in [4.69, 9.17) is 16.3 Å². The van der Waals surface area contributed by atoms with E-state index in [0.29, 0.717) is 12.6 Å². The molecule has 0 aliphatic carbocycles. The highest BCUT2D eigenvalue weighted by Crippen LogP contribution is 2.36. The summed E-state index contributed by atoms with van der Waals surface area (Å²) in [5.41, 5.74) is 6.60. The molecule has 2 heterocycles. The zero-order chi connectivity index (χ0) is 25.1. The van der Waals surface area contributed by atoms with Crippen LogP contribution >= 0.6 is 11.6 Å². The minimum atomic E-state index is 0.434. The molecule has 1 aliphatic heterocycles. The zero-order valence-electron chi connectivity index (χ0n) is 21.6. The normalized spacial score (nSPS) is 16.4. The predicted molar refractivity (Wildman–Crippen MR) is 151 cm³/mol. The summed E-state index contributed by atoms with van der Waals surface area (Å²) in [6, 6.07) is 26.0. The van der Waals surface area contributed by atoms with Gasteiger partial charge in [0, 0.05) is 54.8 Å². The first-order valence-electron chi connectivity index (χ1n) is 13.0. The molecule has 4 aromatic rings. The summed E-state index contributed by atoms with van der Waals surface area (Å²) in [6.45, 7) is 5.71. The number of para-hydroxylation sites is 1. The van der Waals surface area contributed by atoms with E-state index < -0.39 is 0 Å². The van der Waals surface area contributed by atoms with Gasteiger partial charge in [-0.3, -0.25) is 4.90 Å². The van der Waals surface area contributed by atoms with Crippen molar-refractivity contribution in [2.24, 2.45) is 0 Å². The Balaban J connectivity index is 1.48. The topological polar surface area (TPSA) is 20.6 Å². The third-order valence-corrected chi connectivity index (χ3v) is 7.72. The van der Waals surface area contributed by atoms with Gasteiger partial charge in [-0.05, 0) is 79.9 Å². The molecular formula is C31H36ClN3O. The SMILES string of the molecule is CCn1c(COc2ccc(Cl)cc2)c(CN2CCCCC2c2ccc(N(C)C)cc2)c2ccccc21. The van der Waals surface area contributed by atoms with E-state index in [1.807, 2.05) is 24.3 Å². The molecule has 1 saturated heterocycles. The van der Waals surface area contributed by atoms with Crippen LogP contribution in [0.25, 0.3) is 10.9 Å². The van der Waals surface area contributed by atoms with Gasteiger partial charge >= 0.3 is 0 Å². The second-order valence-electron chi connectivity index (χ2n) is 9.90. The Labute approximate surface area is 220 Å². The van der Waals surface area contributed by atoms with Gasteiger partial charge < -0.3 is 14.2 Å². The van der Waals surface area contributed by atoms with Crippen LogP contribution < -0.4 is 9.64 Å². The van der Waals surface area contributed by atoms with Crippen molar-refractivity contribution in [2.45, 2.75) is 51.9 Å². The number of hydrogen-bond donors (Lipinski definition) is 0. The van der Waals surface area contributed by atoms with E-state index in [2.05, 4.69) is 83.9 Å². The number of hydrogen-bond acceptors (Lipinski definition) is 3. The molecule has 1 atom stereocenters. The number of halogens is 1. The Morgan fingerprint density at radius 2 is 1.69 bits per heavy atom. The molecule has 1 aliphatic rings. The summed E-state index contributed by atoms with van der Waals surface area (Å²) in [5, 5.41) is 2.06. The summed E-state index contributed by atoms with van der Waals surface area (Å²) in [5.74, 6) is 0.843. The first kappa shape index (κ1) is 24.7. The van der Waals surface area contributed by atoms with Crippen LogP contribution in [0.3, 0.4) is 0 Å². The van der Waals surface area contributed by atoms with Crippen molar-refractivity contribution in [1.29, 1.82) is 0 Å². The van der Waals surface area contributed by atoms with Crippen molar-refractivity contribution in [3.05, 3.63) is 94.6 Å². The Kier molecular flexibility index (Phi) is 7.54. The van der Waals surface area contributed by atoms with Crippen molar-refractivity contribution < 1.29 is 4.74 Å². The quantitative estimate of drug-likeness (QED) is 0.247. The molecule has 0 saturated carbocycles. The second-order valence-corrected chi connectivity index (χ2v) is 10.3. The standard InChI is InChI=1S/C31H36ClN3O/c1-4-35-30-11-6-5-9-27(30)28(31(35)22-36-26-18-14-24(32)15-19-26)21-34-20-8-7-10-29(34)23-12-16-25(17-13-23)33(2)3/h5-6,9,11-19,29H,4,7-8,10,20-22H2,1-3H3. The van der Waals surface area contributed by atoms with Crippen LogP contribution in [0.4, 0.5) is 5.69 Å². The summed E-state index contributed by atoms with van der Waals surface area (Å²) in [4.78, 5) is 4.84. The molecule has 1 unspecified atom stereocenters. The molecule has 36 heavy (non-hydrogen) atoms. The lowest BCUT2D eigenvalue weighted by Gasteiger charge is -2.36. The van der Waals surface area contributed by atoms with Gasteiger partial charge in [-0.1, -0.05) is 48.4 Å². The Bertz CT molecular complexity index is 1290. The van der Waals surface area contributed by atoms with Crippen LogP contribution in [0.5, 0.6) is 5.75 Å². The van der Waals surface area contributed by atoms with Gasteiger partial charge in [-0.25, -0.2) is 0 Å². The number of anilines is 1. The van der Waals surface area contributed by atoms with E-state index in [0.717, 1.165) is 30.4 Å². The molecule has 0 amide bonds. The second kappa shape index (κ2) is 11.0. The number of nitrogens with zero attached hydrogens (tertiary/aromatic N) is 3. The molecule has 4 nitrogen and oxygen atoms in total. The molecule has 1 aromatic heterocycles. The Morgan fingerprint density at radius 1 is 0.944 bits per heavy atom. The minimum Gasteiger partial charge on any atom is -0.487 e.